The SMILES string of the molecule is C[C@H](O)CSc1nc2c(c(=O)[nH]c(=O)n2C)n1Cc1ccccc1. The number of fused-ring (bicyclic) bond motifs is 1. The molecule has 1 atom stereocenters. The molecule has 1 aromatic carbocycles. The summed E-state index contributed by atoms with van der Waals surface area (Å²) in [7, 11) is 1.57. The highest BCUT2D eigenvalue weighted by Gasteiger charge is 2.18. The lowest BCUT2D eigenvalue weighted by Crippen LogP contribution is -2.29. The van der Waals surface area contributed by atoms with Crippen molar-refractivity contribution >= 4 is 22.9 Å². The van der Waals surface area contributed by atoms with E-state index in [4.69, 9.17) is 0 Å². The summed E-state index contributed by atoms with van der Waals surface area (Å²) < 4.78 is 3.11. The number of thioether (sulfide) groups is 1. The van der Waals surface area contributed by atoms with Gasteiger partial charge in [-0.3, -0.25) is 14.3 Å². The molecule has 0 fully saturated rings. The van der Waals surface area contributed by atoms with Gasteiger partial charge in [0.1, 0.15) is 0 Å². The average Bonchev–Trinajstić information content (AvgIpc) is 2.91. The topological polar surface area (TPSA) is 92.9 Å². The summed E-state index contributed by atoms with van der Waals surface area (Å²) in [5, 5.41) is 10.1. The van der Waals surface area contributed by atoms with Gasteiger partial charge in [0.15, 0.2) is 16.3 Å². The second kappa shape index (κ2) is 6.66. The number of aryl methyl sites for hydroxylation is 1. The third kappa shape index (κ3) is 3.15. The van der Waals surface area contributed by atoms with Crippen molar-refractivity contribution in [3.8, 4) is 0 Å². The number of aromatic amines is 1. The first-order chi connectivity index (χ1) is 11.5. The van der Waals surface area contributed by atoms with Crippen LogP contribution in [0.15, 0.2) is 45.1 Å². The van der Waals surface area contributed by atoms with Gasteiger partial charge >= 0.3 is 5.69 Å². The molecule has 8 heteroatoms. The summed E-state index contributed by atoms with van der Waals surface area (Å²) in [6.45, 7) is 2.15. The van der Waals surface area contributed by atoms with Crippen LogP contribution in [-0.2, 0) is 13.6 Å². The predicted molar refractivity (Wildman–Crippen MR) is 93.5 cm³/mol. The second-order valence-electron chi connectivity index (χ2n) is 5.62. The van der Waals surface area contributed by atoms with Gasteiger partial charge in [-0.1, -0.05) is 42.1 Å². The molecule has 0 aliphatic heterocycles. The van der Waals surface area contributed by atoms with Gasteiger partial charge in [-0.15, -0.1) is 0 Å². The molecule has 0 spiro atoms. The fourth-order valence-electron chi connectivity index (χ4n) is 2.43. The highest BCUT2D eigenvalue weighted by atomic mass is 32.2. The third-order valence-corrected chi connectivity index (χ3v) is 4.83. The molecule has 2 N–H and O–H groups in total. The van der Waals surface area contributed by atoms with E-state index in [0.717, 1.165) is 5.56 Å². The number of aliphatic hydroxyl groups excluding tert-OH is 1. The van der Waals surface area contributed by atoms with Crippen molar-refractivity contribution in [2.75, 3.05) is 5.75 Å². The van der Waals surface area contributed by atoms with Gasteiger partial charge in [-0.25, -0.2) is 9.78 Å². The van der Waals surface area contributed by atoms with Crippen LogP contribution in [0.5, 0.6) is 0 Å². The zero-order chi connectivity index (χ0) is 17.3. The first kappa shape index (κ1) is 16.5. The molecule has 2 heterocycles. The van der Waals surface area contributed by atoms with Crippen LogP contribution >= 0.6 is 11.8 Å². The molecule has 0 aliphatic rings. The Morgan fingerprint density at radius 2 is 2.00 bits per heavy atom. The second-order valence-corrected chi connectivity index (χ2v) is 6.60. The van der Waals surface area contributed by atoms with E-state index in [9.17, 15) is 14.7 Å². The molecule has 0 radical (unpaired) electrons. The standard InChI is InChI=1S/C16H18N4O3S/c1-10(21)9-24-16-17-13-12(14(22)18-15(23)19(13)2)20(16)8-11-6-4-3-5-7-11/h3-7,10,21H,8-9H2,1-2H3,(H,18,22,23)/t10-/m0/s1. The van der Waals surface area contributed by atoms with Crippen molar-refractivity contribution in [1.82, 2.24) is 19.1 Å². The van der Waals surface area contributed by atoms with Crippen LogP contribution in [0.3, 0.4) is 0 Å². The monoisotopic (exact) mass is 346 g/mol. The molecule has 0 amide bonds. The molecular weight excluding hydrogens is 328 g/mol. The van der Waals surface area contributed by atoms with Crippen molar-refractivity contribution in [3.63, 3.8) is 0 Å². The van der Waals surface area contributed by atoms with E-state index < -0.39 is 17.4 Å². The molecule has 126 valence electrons. The lowest BCUT2D eigenvalue weighted by molar-refractivity contribution is 0.220. The minimum absolute atomic E-state index is 0.341. The normalized spacial score (nSPS) is 12.6. The Balaban J connectivity index is 2.19. The quantitative estimate of drug-likeness (QED) is 0.671. The number of hydrogen-bond donors (Lipinski definition) is 2. The number of nitrogens with one attached hydrogen (secondary N) is 1. The van der Waals surface area contributed by atoms with Crippen molar-refractivity contribution in [2.45, 2.75) is 24.7 Å². The summed E-state index contributed by atoms with van der Waals surface area (Å²) in [5.74, 6) is 0.448. The molecule has 3 aromatic rings. The van der Waals surface area contributed by atoms with E-state index in [0.29, 0.717) is 28.6 Å². The van der Waals surface area contributed by atoms with Gasteiger partial charge < -0.3 is 9.67 Å². The maximum atomic E-state index is 12.3. The van der Waals surface area contributed by atoms with E-state index in [-0.39, 0.29) is 0 Å². The Bertz CT molecular complexity index is 973. The van der Waals surface area contributed by atoms with E-state index in [2.05, 4.69) is 9.97 Å². The van der Waals surface area contributed by atoms with Crippen LogP contribution in [0.4, 0.5) is 0 Å². The van der Waals surface area contributed by atoms with Gasteiger partial charge in [-0.05, 0) is 12.5 Å². The lowest BCUT2D eigenvalue weighted by Gasteiger charge is -2.09. The van der Waals surface area contributed by atoms with Crippen LogP contribution in [0, 0.1) is 0 Å². The first-order valence-corrected chi connectivity index (χ1v) is 8.50. The maximum Gasteiger partial charge on any atom is 0.329 e. The van der Waals surface area contributed by atoms with Gasteiger partial charge in [0.2, 0.25) is 0 Å². The summed E-state index contributed by atoms with van der Waals surface area (Å²) in [6.07, 6.45) is -0.498. The highest BCUT2D eigenvalue weighted by molar-refractivity contribution is 7.99. The zero-order valence-corrected chi connectivity index (χ0v) is 14.2. The molecule has 0 saturated carbocycles. The zero-order valence-electron chi connectivity index (χ0n) is 13.4. The fraction of sp³-hybridized carbons (Fsp3) is 0.312. The van der Waals surface area contributed by atoms with Crippen LogP contribution in [0.25, 0.3) is 11.2 Å². The Morgan fingerprint density at radius 1 is 1.29 bits per heavy atom. The minimum Gasteiger partial charge on any atom is -0.393 e. The largest absolute Gasteiger partial charge is 0.393 e. The number of benzene rings is 1. The third-order valence-electron chi connectivity index (χ3n) is 3.61. The number of nitrogens with zero attached hydrogens (tertiary/aromatic N) is 3. The summed E-state index contributed by atoms with van der Waals surface area (Å²) in [6, 6.07) is 9.71. The van der Waals surface area contributed by atoms with Gasteiger partial charge in [-0.2, -0.15) is 0 Å². The van der Waals surface area contributed by atoms with Crippen LogP contribution in [0.2, 0.25) is 0 Å². The number of rotatable bonds is 5. The molecule has 0 bridgehead atoms. The maximum absolute atomic E-state index is 12.3. The van der Waals surface area contributed by atoms with Gasteiger partial charge in [0.05, 0.1) is 12.6 Å². The van der Waals surface area contributed by atoms with E-state index >= 15 is 0 Å². The summed E-state index contributed by atoms with van der Waals surface area (Å²) in [5.41, 5.74) is 0.759. The molecule has 3 rings (SSSR count). The van der Waals surface area contributed by atoms with E-state index in [1.807, 2.05) is 30.3 Å². The van der Waals surface area contributed by atoms with Crippen LogP contribution < -0.4 is 11.2 Å². The number of imidazole rings is 1. The summed E-state index contributed by atoms with van der Waals surface area (Å²) in [4.78, 5) is 30.9. The van der Waals surface area contributed by atoms with E-state index in [1.165, 1.54) is 16.3 Å². The Kier molecular flexibility index (Phi) is 4.59. The fourth-order valence-corrected chi connectivity index (χ4v) is 3.29. The Morgan fingerprint density at radius 3 is 2.67 bits per heavy atom. The predicted octanol–water partition coefficient (Wildman–Crippen LogP) is 0.944. The molecule has 0 saturated heterocycles. The van der Waals surface area contributed by atoms with Gasteiger partial charge in [0.25, 0.3) is 5.56 Å². The molecule has 24 heavy (non-hydrogen) atoms. The van der Waals surface area contributed by atoms with E-state index in [1.54, 1.807) is 18.5 Å². The van der Waals surface area contributed by atoms with Crippen LogP contribution in [-0.4, -0.2) is 36.1 Å². The molecule has 0 aliphatic carbocycles. The molecule has 2 aromatic heterocycles. The smallest absolute Gasteiger partial charge is 0.329 e. The van der Waals surface area contributed by atoms with Crippen molar-refractivity contribution in [1.29, 1.82) is 0 Å². The number of H-pyrrole nitrogens is 1. The number of aromatic nitrogens is 4. The molecular formula is C16H18N4O3S. The Hall–Kier alpha value is -2.32. The molecule has 7 nitrogen and oxygen atoms in total. The number of aliphatic hydroxyl groups is 1. The van der Waals surface area contributed by atoms with Crippen molar-refractivity contribution in [3.05, 3.63) is 56.7 Å². The van der Waals surface area contributed by atoms with Crippen molar-refractivity contribution < 1.29 is 5.11 Å². The Labute approximate surface area is 142 Å². The average molecular weight is 346 g/mol. The lowest BCUT2D eigenvalue weighted by atomic mass is 10.2. The number of hydrogen-bond acceptors (Lipinski definition) is 5. The van der Waals surface area contributed by atoms with Crippen LogP contribution in [0.1, 0.15) is 12.5 Å². The molecule has 0 unspecified atom stereocenters. The van der Waals surface area contributed by atoms with Crippen molar-refractivity contribution in [2.24, 2.45) is 7.05 Å². The first-order valence-electron chi connectivity index (χ1n) is 7.51. The van der Waals surface area contributed by atoms with Gasteiger partial charge in [0, 0.05) is 12.8 Å². The minimum atomic E-state index is -0.498. The summed E-state index contributed by atoms with van der Waals surface area (Å²) >= 11 is 1.36. The highest BCUT2D eigenvalue weighted by Crippen LogP contribution is 2.23.